The molecule has 5 heterocycles. The van der Waals surface area contributed by atoms with Crippen molar-refractivity contribution in [1.29, 1.82) is 0 Å². The Morgan fingerprint density at radius 1 is 1.41 bits per heavy atom. The van der Waals surface area contributed by atoms with Gasteiger partial charge in [-0.3, -0.25) is 14.7 Å². The largest absolute Gasteiger partial charge is 0.360 e. The molecule has 1 spiro atoms. The zero-order valence-corrected chi connectivity index (χ0v) is 15.9. The number of nitrogens with one attached hydrogen (secondary N) is 1. The van der Waals surface area contributed by atoms with Gasteiger partial charge in [-0.15, -0.1) is 0 Å². The molecule has 0 aromatic carbocycles. The van der Waals surface area contributed by atoms with E-state index in [2.05, 4.69) is 17.1 Å². The number of H-pyrrole nitrogens is 1. The van der Waals surface area contributed by atoms with Crippen molar-refractivity contribution >= 4 is 11.8 Å². The van der Waals surface area contributed by atoms with Gasteiger partial charge in [-0.25, -0.2) is 0 Å². The molecule has 27 heavy (non-hydrogen) atoms. The summed E-state index contributed by atoms with van der Waals surface area (Å²) >= 11 is 0. The lowest BCUT2D eigenvalue weighted by molar-refractivity contribution is -0.143. The molecular formula is C20H26N4O3. The molecule has 0 aliphatic carbocycles. The van der Waals surface area contributed by atoms with E-state index in [1.54, 1.807) is 11.9 Å². The second-order valence-corrected chi connectivity index (χ2v) is 8.36. The molecule has 4 atom stereocenters. The molecular weight excluding hydrogens is 344 g/mol. The topological polar surface area (TPSA) is 78.5 Å². The first-order valence-corrected chi connectivity index (χ1v) is 9.97. The molecule has 3 saturated heterocycles. The minimum Gasteiger partial charge on any atom is -0.360 e. The van der Waals surface area contributed by atoms with E-state index in [0.717, 1.165) is 32.4 Å². The number of likely N-dealkylation sites (tertiary alicyclic amines) is 2. The Bertz CT molecular complexity index is 810. The second-order valence-electron chi connectivity index (χ2n) is 8.36. The minimum absolute atomic E-state index is 0.0418. The Kier molecular flexibility index (Phi) is 3.73. The van der Waals surface area contributed by atoms with Crippen molar-refractivity contribution in [3.05, 3.63) is 29.6 Å². The summed E-state index contributed by atoms with van der Waals surface area (Å²) in [6.45, 7) is 4.14. The van der Waals surface area contributed by atoms with Crippen LogP contribution in [0.15, 0.2) is 18.3 Å². The number of aryl methyl sites for hydroxylation is 1. The average molecular weight is 370 g/mol. The van der Waals surface area contributed by atoms with Crippen LogP contribution in [-0.2, 0) is 20.7 Å². The lowest BCUT2D eigenvalue weighted by Crippen LogP contribution is -2.48. The Morgan fingerprint density at radius 3 is 2.93 bits per heavy atom. The van der Waals surface area contributed by atoms with Gasteiger partial charge < -0.3 is 14.5 Å². The number of piperidine rings is 1. The highest BCUT2D eigenvalue weighted by atomic mass is 16.5. The number of likely N-dealkylation sites (N-methyl/N-ethyl adjacent to an activating group) is 1. The van der Waals surface area contributed by atoms with Crippen molar-refractivity contribution in [2.45, 2.75) is 43.8 Å². The van der Waals surface area contributed by atoms with Gasteiger partial charge in [0.15, 0.2) is 0 Å². The van der Waals surface area contributed by atoms with Crippen LogP contribution in [-0.4, -0.2) is 70.2 Å². The predicted molar refractivity (Wildman–Crippen MR) is 97.9 cm³/mol. The maximum absolute atomic E-state index is 13.3. The number of aromatic amines is 1. The van der Waals surface area contributed by atoms with Gasteiger partial charge in [-0.05, 0) is 24.8 Å². The lowest BCUT2D eigenvalue weighted by atomic mass is 9.76. The number of amides is 2. The number of rotatable bonds is 3. The standard InChI is InChI=1S/C20H26N4O3/c1-3-12-10-21-22-17(12)13-5-8-24(9-6-13)18(25)15-14-4-7-20(27-14)11-23(2)19(26)16(15)20/h4,7,10,13-16H,3,5-6,8-9,11H2,1-2H3,(H,21,22)/t14-,15-,16+,20-/m0/s1. The molecule has 7 nitrogen and oxygen atoms in total. The first-order chi connectivity index (χ1) is 13.0. The van der Waals surface area contributed by atoms with Crippen LogP contribution in [0.5, 0.6) is 0 Å². The summed E-state index contributed by atoms with van der Waals surface area (Å²) in [6, 6.07) is 0. The molecule has 0 unspecified atom stereocenters. The average Bonchev–Trinajstić information content (AvgIpc) is 3.42. The summed E-state index contributed by atoms with van der Waals surface area (Å²) in [5, 5.41) is 7.35. The fraction of sp³-hybridized carbons (Fsp3) is 0.650. The first kappa shape index (κ1) is 17.0. The van der Waals surface area contributed by atoms with Crippen LogP contribution in [0, 0.1) is 11.8 Å². The third-order valence-electron chi connectivity index (χ3n) is 6.92. The highest BCUT2D eigenvalue weighted by Crippen LogP contribution is 2.52. The molecule has 7 heteroatoms. The van der Waals surface area contributed by atoms with Crippen molar-refractivity contribution in [2.75, 3.05) is 26.7 Å². The molecule has 3 fully saturated rings. The van der Waals surface area contributed by atoms with E-state index in [-0.39, 0.29) is 29.8 Å². The van der Waals surface area contributed by atoms with Crippen LogP contribution >= 0.6 is 0 Å². The maximum atomic E-state index is 13.3. The van der Waals surface area contributed by atoms with E-state index in [4.69, 9.17) is 4.74 Å². The van der Waals surface area contributed by atoms with Gasteiger partial charge in [0, 0.05) is 31.7 Å². The molecule has 1 aromatic rings. The Labute approximate surface area is 158 Å². The van der Waals surface area contributed by atoms with E-state index >= 15 is 0 Å². The highest BCUT2D eigenvalue weighted by Gasteiger charge is 2.66. The summed E-state index contributed by atoms with van der Waals surface area (Å²) in [5.74, 6) is -0.184. The van der Waals surface area contributed by atoms with Gasteiger partial charge in [0.2, 0.25) is 11.8 Å². The molecule has 1 N–H and O–H groups in total. The zero-order chi connectivity index (χ0) is 18.8. The number of carbonyl (C=O) groups excluding carboxylic acids is 2. The Hall–Kier alpha value is -2.15. The second kappa shape index (κ2) is 5.92. The van der Waals surface area contributed by atoms with Crippen LogP contribution in [0.4, 0.5) is 0 Å². The SMILES string of the molecule is CCc1cn[nH]c1C1CCN(C(=O)[C@H]2[C@@H]3C=C[C@@]4(CN(C)C(=O)[C@@H]24)O3)CC1. The van der Waals surface area contributed by atoms with Crippen LogP contribution < -0.4 is 0 Å². The van der Waals surface area contributed by atoms with Crippen LogP contribution in [0.1, 0.15) is 36.9 Å². The van der Waals surface area contributed by atoms with Crippen LogP contribution in [0.25, 0.3) is 0 Å². The van der Waals surface area contributed by atoms with Crippen molar-refractivity contribution in [2.24, 2.45) is 11.8 Å². The van der Waals surface area contributed by atoms with Crippen molar-refractivity contribution < 1.29 is 14.3 Å². The Balaban J connectivity index is 1.30. The monoisotopic (exact) mass is 370 g/mol. The molecule has 1 aromatic heterocycles. The lowest BCUT2D eigenvalue weighted by Gasteiger charge is -2.35. The number of ether oxygens (including phenoxy) is 1. The van der Waals surface area contributed by atoms with Crippen LogP contribution in [0.2, 0.25) is 0 Å². The zero-order valence-electron chi connectivity index (χ0n) is 15.9. The molecule has 4 aliphatic heterocycles. The normalized spacial score (nSPS) is 35.3. The summed E-state index contributed by atoms with van der Waals surface area (Å²) < 4.78 is 6.13. The highest BCUT2D eigenvalue weighted by molar-refractivity contribution is 5.92. The van der Waals surface area contributed by atoms with Gasteiger partial charge in [0.1, 0.15) is 5.60 Å². The maximum Gasteiger partial charge on any atom is 0.229 e. The number of nitrogens with zero attached hydrogens (tertiary/aromatic N) is 3. The third kappa shape index (κ3) is 2.33. The Morgan fingerprint density at radius 2 is 2.19 bits per heavy atom. The fourth-order valence-electron chi connectivity index (χ4n) is 5.53. The van der Waals surface area contributed by atoms with Gasteiger partial charge >= 0.3 is 0 Å². The number of fused-ring (bicyclic) bond motifs is 1. The summed E-state index contributed by atoms with van der Waals surface area (Å²) in [5.41, 5.74) is 1.91. The fourth-order valence-corrected chi connectivity index (χ4v) is 5.53. The smallest absolute Gasteiger partial charge is 0.229 e. The van der Waals surface area contributed by atoms with Crippen molar-refractivity contribution in [3.8, 4) is 0 Å². The first-order valence-electron chi connectivity index (χ1n) is 9.97. The molecule has 2 amide bonds. The molecule has 0 saturated carbocycles. The van der Waals surface area contributed by atoms with E-state index in [1.165, 1.54) is 11.3 Å². The van der Waals surface area contributed by atoms with Gasteiger partial charge in [0.25, 0.3) is 0 Å². The number of hydrogen-bond donors (Lipinski definition) is 1. The van der Waals surface area contributed by atoms with Gasteiger partial charge in [-0.1, -0.05) is 19.1 Å². The van der Waals surface area contributed by atoms with E-state index in [1.807, 2.05) is 23.2 Å². The van der Waals surface area contributed by atoms with Crippen LogP contribution in [0.3, 0.4) is 0 Å². The van der Waals surface area contributed by atoms with Gasteiger partial charge in [-0.2, -0.15) is 5.10 Å². The molecule has 0 radical (unpaired) electrons. The number of hydrogen-bond acceptors (Lipinski definition) is 4. The minimum atomic E-state index is -0.582. The summed E-state index contributed by atoms with van der Waals surface area (Å²) in [4.78, 5) is 29.6. The molecule has 2 bridgehead atoms. The molecule has 5 rings (SSSR count). The third-order valence-corrected chi connectivity index (χ3v) is 6.92. The molecule has 144 valence electrons. The van der Waals surface area contributed by atoms with E-state index in [0.29, 0.717) is 12.5 Å². The summed E-state index contributed by atoms with van der Waals surface area (Å²) in [7, 11) is 1.79. The molecule has 4 aliphatic rings. The van der Waals surface area contributed by atoms with Crippen molar-refractivity contribution in [1.82, 2.24) is 20.0 Å². The summed E-state index contributed by atoms with van der Waals surface area (Å²) in [6.07, 6.45) is 8.47. The van der Waals surface area contributed by atoms with Gasteiger partial charge in [0.05, 0.1) is 30.7 Å². The van der Waals surface area contributed by atoms with E-state index < -0.39 is 5.60 Å². The quantitative estimate of drug-likeness (QED) is 0.808. The number of aromatic nitrogens is 2. The van der Waals surface area contributed by atoms with Crippen molar-refractivity contribution in [3.63, 3.8) is 0 Å². The predicted octanol–water partition coefficient (Wildman–Crippen LogP) is 1.09. The number of carbonyl (C=O) groups is 2. The van der Waals surface area contributed by atoms with E-state index in [9.17, 15) is 9.59 Å².